The van der Waals surface area contributed by atoms with Crippen molar-refractivity contribution in [3.05, 3.63) is 48.3 Å². The van der Waals surface area contributed by atoms with Crippen LogP contribution in [0.25, 0.3) is 11.1 Å². The van der Waals surface area contributed by atoms with Crippen LogP contribution in [0.1, 0.15) is 42.5 Å². The van der Waals surface area contributed by atoms with Crippen molar-refractivity contribution in [2.45, 2.75) is 38.2 Å². The highest BCUT2D eigenvalue weighted by atomic mass is 16.5. The molecule has 27 heavy (non-hydrogen) atoms. The first-order valence-electron chi connectivity index (χ1n) is 9.91. The predicted octanol–water partition coefficient (Wildman–Crippen LogP) is 3.75. The quantitative estimate of drug-likeness (QED) is 0.846. The first kappa shape index (κ1) is 18.0. The zero-order valence-corrected chi connectivity index (χ0v) is 15.6. The molecule has 1 saturated heterocycles. The summed E-state index contributed by atoms with van der Waals surface area (Å²) in [6.07, 6.45) is 9.51. The van der Waals surface area contributed by atoms with Gasteiger partial charge in [0.15, 0.2) is 0 Å². The number of hydrogen-bond acceptors (Lipinski definition) is 4. The van der Waals surface area contributed by atoms with E-state index < -0.39 is 0 Å². The van der Waals surface area contributed by atoms with Crippen molar-refractivity contribution in [2.75, 3.05) is 25.4 Å². The van der Waals surface area contributed by atoms with E-state index in [1.807, 2.05) is 29.2 Å². The number of benzene rings is 1. The summed E-state index contributed by atoms with van der Waals surface area (Å²) in [6, 6.07) is 9.49. The van der Waals surface area contributed by atoms with E-state index in [0.29, 0.717) is 18.2 Å². The number of nitrogens with two attached hydrogens (primary N) is 1. The Hall–Kier alpha value is -2.40. The van der Waals surface area contributed by atoms with Gasteiger partial charge < -0.3 is 15.4 Å². The topological polar surface area (TPSA) is 68.5 Å². The van der Waals surface area contributed by atoms with Crippen LogP contribution >= 0.6 is 0 Å². The fourth-order valence-corrected chi connectivity index (χ4v) is 3.88. The van der Waals surface area contributed by atoms with Gasteiger partial charge in [-0.25, -0.2) is 0 Å². The molecule has 0 bridgehead atoms. The second-order valence-electron chi connectivity index (χ2n) is 7.68. The zero-order valence-electron chi connectivity index (χ0n) is 15.6. The average Bonchev–Trinajstić information content (AvgIpc) is 3.17. The molecule has 2 fully saturated rings. The molecule has 142 valence electrons. The molecule has 2 N–H and O–H groups in total. The summed E-state index contributed by atoms with van der Waals surface area (Å²) in [6.45, 7) is 2.36. The molecule has 5 heteroatoms. The van der Waals surface area contributed by atoms with Gasteiger partial charge in [-0.05, 0) is 55.4 Å². The molecule has 2 aromatic rings. The molecule has 0 spiro atoms. The molecule has 1 aliphatic carbocycles. The van der Waals surface area contributed by atoms with Gasteiger partial charge in [0.2, 0.25) is 0 Å². The minimum absolute atomic E-state index is 0.100. The fourth-order valence-electron chi connectivity index (χ4n) is 3.88. The molecule has 5 nitrogen and oxygen atoms in total. The van der Waals surface area contributed by atoms with E-state index >= 15 is 0 Å². The van der Waals surface area contributed by atoms with Crippen molar-refractivity contribution in [1.82, 2.24) is 9.88 Å². The predicted molar refractivity (Wildman–Crippen MR) is 106 cm³/mol. The molecule has 2 aliphatic rings. The number of ether oxygens (including phenoxy) is 1. The van der Waals surface area contributed by atoms with Gasteiger partial charge in [-0.1, -0.05) is 18.6 Å². The summed E-state index contributed by atoms with van der Waals surface area (Å²) in [5.41, 5.74) is 9.31. The summed E-state index contributed by atoms with van der Waals surface area (Å²) in [5, 5.41) is 0. The SMILES string of the molecule is Nc1ccncc1-c1ccc(C(=O)N(CC2CCC2)CC2CCCO2)cc1. The number of amides is 1. The maximum absolute atomic E-state index is 13.2. The lowest BCUT2D eigenvalue weighted by molar-refractivity contribution is 0.0448. The minimum atomic E-state index is 0.100. The van der Waals surface area contributed by atoms with E-state index in [4.69, 9.17) is 10.5 Å². The first-order chi connectivity index (χ1) is 13.2. The number of aromatic nitrogens is 1. The summed E-state index contributed by atoms with van der Waals surface area (Å²) in [5.74, 6) is 0.743. The molecule has 2 heterocycles. The van der Waals surface area contributed by atoms with E-state index in [0.717, 1.165) is 42.7 Å². The van der Waals surface area contributed by atoms with Gasteiger partial charge in [0, 0.05) is 48.9 Å². The van der Waals surface area contributed by atoms with Gasteiger partial charge in [0.05, 0.1) is 6.10 Å². The molecule has 1 saturated carbocycles. The number of carbonyl (C=O) groups excluding carboxylic acids is 1. The Morgan fingerprint density at radius 2 is 1.93 bits per heavy atom. The molecular formula is C22H27N3O2. The molecule has 1 aliphatic heterocycles. The maximum Gasteiger partial charge on any atom is 0.253 e. The monoisotopic (exact) mass is 365 g/mol. The van der Waals surface area contributed by atoms with Crippen molar-refractivity contribution < 1.29 is 9.53 Å². The normalized spacial score (nSPS) is 19.6. The summed E-state index contributed by atoms with van der Waals surface area (Å²) < 4.78 is 5.78. The lowest BCUT2D eigenvalue weighted by Crippen LogP contribution is -2.41. The van der Waals surface area contributed by atoms with Crippen LogP contribution in [0.2, 0.25) is 0 Å². The number of rotatable bonds is 6. The van der Waals surface area contributed by atoms with Gasteiger partial charge in [-0.15, -0.1) is 0 Å². The lowest BCUT2D eigenvalue weighted by atomic mass is 9.85. The Morgan fingerprint density at radius 3 is 2.56 bits per heavy atom. The second-order valence-corrected chi connectivity index (χ2v) is 7.68. The van der Waals surface area contributed by atoms with Crippen LogP contribution in [0.5, 0.6) is 0 Å². The Labute approximate surface area is 160 Å². The summed E-state index contributed by atoms with van der Waals surface area (Å²) in [4.78, 5) is 19.3. The number of nitrogen functional groups attached to an aromatic ring is 1. The molecule has 4 rings (SSSR count). The second kappa shape index (κ2) is 8.09. The van der Waals surface area contributed by atoms with E-state index in [2.05, 4.69) is 4.98 Å². The Bertz CT molecular complexity index is 780. The van der Waals surface area contributed by atoms with Gasteiger partial charge >= 0.3 is 0 Å². The van der Waals surface area contributed by atoms with Crippen LogP contribution in [0, 0.1) is 5.92 Å². The van der Waals surface area contributed by atoms with Crippen molar-refractivity contribution in [3.63, 3.8) is 0 Å². The van der Waals surface area contributed by atoms with Crippen LogP contribution in [-0.4, -0.2) is 41.6 Å². The summed E-state index contributed by atoms with van der Waals surface area (Å²) >= 11 is 0. The lowest BCUT2D eigenvalue weighted by Gasteiger charge is -2.33. The van der Waals surface area contributed by atoms with Crippen molar-refractivity contribution >= 4 is 11.6 Å². The number of anilines is 1. The van der Waals surface area contributed by atoms with Crippen molar-refractivity contribution in [1.29, 1.82) is 0 Å². The average molecular weight is 365 g/mol. The Morgan fingerprint density at radius 1 is 1.11 bits per heavy atom. The number of nitrogens with zero attached hydrogens (tertiary/aromatic N) is 2. The maximum atomic E-state index is 13.2. The van der Waals surface area contributed by atoms with Crippen LogP contribution in [0.15, 0.2) is 42.7 Å². The Balaban J connectivity index is 1.50. The largest absolute Gasteiger partial charge is 0.398 e. The summed E-state index contributed by atoms with van der Waals surface area (Å²) in [7, 11) is 0. The highest BCUT2D eigenvalue weighted by Gasteiger charge is 2.28. The fraction of sp³-hybridized carbons (Fsp3) is 0.455. The third-order valence-electron chi connectivity index (χ3n) is 5.74. The molecule has 1 aromatic heterocycles. The number of hydrogen-bond donors (Lipinski definition) is 1. The van der Waals surface area contributed by atoms with Crippen LogP contribution < -0.4 is 5.73 Å². The smallest absolute Gasteiger partial charge is 0.253 e. The molecule has 1 amide bonds. The molecular weight excluding hydrogens is 338 g/mol. The van der Waals surface area contributed by atoms with E-state index in [1.165, 1.54) is 19.3 Å². The first-order valence-corrected chi connectivity index (χ1v) is 9.91. The third kappa shape index (κ3) is 4.14. The highest BCUT2D eigenvalue weighted by Crippen LogP contribution is 2.29. The van der Waals surface area contributed by atoms with Gasteiger partial charge in [-0.2, -0.15) is 0 Å². The molecule has 1 aromatic carbocycles. The zero-order chi connectivity index (χ0) is 18.6. The van der Waals surface area contributed by atoms with Crippen LogP contribution in [-0.2, 0) is 4.74 Å². The van der Waals surface area contributed by atoms with E-state index in [9.17, 15) is 4.79 Å². The molecule has 0 radical (unpaired) electrons. The molecule has 1 atom stereocenters. The third-order valence-corrected chi connectivity index (χ3v) is 5.74. The van der Waals surface area contributed by atoms with Gasteiger partial charge in [0.25, 0.3) is 5.91 Å². The molecule has 1 unspecified atom stereocenters. The van der Waals surface area contributed by atoms with Gasteiger partial charge in [0.1, 0.15) is 0 Å². The van der Waals surface area contributed by atoms with Crippen LogP contribution in [0.4, 0.5) is 5.69 Å². The number of carbonyl (C=O) groups is 1. The number of pyridine rings is 1. The minimum Gasteiger partial charge on any atom is -0.398 e. The highest BCUT2D eigenvalue weighted by molar-refractivity contribution is 5.95. The van der Waals surface area contributed by atoms with E-state index in [1.54, 1.807) is 18.5 Å². The van der Waals surface area contributed by atoms with Crippen LogP contribution in [0.3, 0.4) is 0 Å². The van der Waals surface area contributed by atoms with Gasteiger partial charge in [-0.3, -0.25) is 9.78 Å². The Kier molecular flexibility index (Phi) is 5.39. The van der Waals surface area contributed by atoms with Crippen molar-refractivity contribution in [2.24, 2.45) is 5.92 Å². The van der Waals surface area contributed by atoms with Crippen molar-refractivity contribution in [3.8, 4) is 11.1 Å². The van der Waals surface area contributed by atoms with E-state index in [-0.39, 0.29) is 12.0 Å². The standard InChI is InChI=1S/C22H27N3O2/c23-21-10-11-24-13-20(21)17-6-8-18(9-7-17)22(26)25(14-16-3-1-4-16)15-19-5-2-12-27-19/h6-11,13,16,19H,1-5,12,14-15H2,(H2,23,24).